The Morgan fingerprint density at radius 1 is 1.50 bits per heavy atom. The molecule has 1 aliphatic heterocycles. The number of fused-ring (bicyclic) bond motifs is 1. The van der Waals surface area contributed by atoms with Crippen LogP contribution in [0.25, 0.3) is 4.96 Å². The molecule has 1 amide bonds. The van der Waals surface area contributed by atoms with E-state index in [0.717, 1.165) is 37.5 Å². The summed E-state index contributed by atoms with van der Waals surface area (Å²) in [6, 6.07) is 0. The number of nitrogens with zero attached hydrogens (tertiary/aromatic N) is 4. The molecule has 0 bridgehead atoms. The molecular weight excluding hydrogens is 326 g/mol. The summed E-state index contributed by atoms with van der Waals surface area (Å²) >= 11 is 1.40. The second-order valence-electron chi connectivity index (χ2n) is 6.36. The van der Waals surface area contributed by atoms with Crippen LogP contribution in [0.2, 0.25) is 0 Å². The number of amides is 1. The fourth-order valence-corrected chi connectivity index (χ4v) is 3.79. The standard InChI is InChI=1S/C16H23N5O2S/c1-3-4-7-17-13(22)12-9-18-15-21(14(12)23)19-16(24-15)20-8-5-6-11(2)10-20/h9,11H,3-8,10H2,1-2H3,(H,17,22). The van der Waals surface area contributed by atoms with Crippen molar-refractivity contribution in [1.29, 1.82) is 0 Å². The van der Waals surface area contributed by atoms with Gasteiger partial charge in [-0.25, -0.2) is 4.98 Å². The monoisotopic (exact) mass is 349 g/mol. The Labute approximate surface area is 144 Å². The van der Waals surface area contributed by atoms with Gasteiger partial charge in [-0.1, -0.05) is 31.6 Å². The number of hydrogen-bond acceptors (Lipinski definition) is 6. The van der Waals surface area contributed by atoms with Gasteiger partial charge in [0, 0.05) is 25.8 Å². The second-order valence-corrected chi connectivity index (χ2v) is 7.29. The Morgan fingerprint density at radius 2 is 2.33 bits per heavy atom. The first-order valence-corrected chi connectivity index (χ1v) is 9.33. The minimum atomic E-state index is -0.401. The summed E-state index contributed by atoms with van der Waals surface area (Å²) < 4.78 is 1.26. The zero-order valence-electron chi connectivity index (χ0n) is 14.1. The van der Waals surface area contributed by atoms with E-state index < -0.39 is 5.56 Å². The summed E-state index contributed by atoms with van der Waals surface area (Å²) in [4.78, 5) is 31.7. The largest absolute Gasteiger partial charge is 0.352 e. The van der Waals surface area contributed by atoms with Crippen LogP contribution in [0.5, 0.6) is 0 Å². The van der Waals surface area contributed by atoms with Crippen LogP contribution in [-0.2, 0) is 0 Å². The first-order chi connectivity index (χ1) is 11.6. The van der Waals surface area contributed by atoms with Gasteiger partial charge in [-0.3, -0.25) is 9.59 Å². The van der Waals surface area contributed by atoms with E-state index in [1.807, 2.05) is 6.92 Å². The molecule has 1 N–H and O–H groups in total. The normalized spacial score (nSPS) is 18.1. The highest BCUT2D eigenvalue weighted by molar-refractivity contribution is 7.20. The minimum Gasteiger partial charge on any atom is -0.352 e. The smallest absolute Gasteiger partial charge is 0.288 e. The van der Waals surface area contributed by atoms with E-state index in [1.54, 1.807) is 0 Å². The molecule has 0 aromatic carbocycles. The molecule has 3 rings (SSSR count). The van der Waals surface area contributed by atoms with Crippen molar-refractivity contribution in [3.8, 4) is 0 Å². The van der Waals surface area contributed by atoms with Crippen molar-refractivity contribution in [3.05, 3.63) is 22.1 Å². The fraction of sp³-hybridized carbons (Fsp3) is 0.625. The number of unbranched alkanes of at least 4 members (excludes halogenated alkanes) is 1. The van der Waals surface area contributed by atoms with Gasteiger partial charge in [0.15, 0.2) is 0 Å². The van der Waals surface area contributed by atoms with E-state index in [2.05, 4.69) is 27.2 Å². The van der Waals surface area contributed by atoms with Gasteiger partial charge in [0.1, 0.15) is 5.56 Å². The van der Waals surface area contributed by atoms with Crippen molar-refractivity contribution in [2.24, 2.45) is 5.92 Å². The predicted octanol–water partition coefficient (Wildman–Crippen LogP) is 1.92. The van der Waals surface area contributed by atoms with E-state index in [1.165, 1.54) is 28.5 Å². The van der Waals surface area contributed by atoms with E-state index >= 15 is 0 Å². The molecule has 24 heavy (non-hydrogen) atoms. The molecule has 1 atom stereocenters. The molecule has 2 aromatic rings. The quantitative estimate of drug-likeness (QED) is 0.834. The Balaban J connectivity index is 1.86. The van der Waals surface area contributed by atoms with Crippen LogP contribution in [0.15, 0.2) is 11.0 Å². The number of aromatic nitrogens is 3. The van der Waals surface area contributed by atoms with E-state index in [4.69, 9.17) is 0 Å². The van der Waals surface area contributed by atoms with E-state index in [9.17, 15) is 9.59 Å². The van der Waals surface area contributed by atoms with Gasteiger partial charge in [0.05, 0.1) is 0 Å². The van der Waals surface area contributed by atoms with Crippen LogP contribution in [0.3, 0.4) is 0 Å². The SMILES string of the molecule is CCCCNC(=O)c1cnc2sc(N3CCCC(C)C3)nn2c1=O. The maximum absolute atomic E-state index is 12.6. The van der Waals surface area contributed by atoms with Crippen LogP contribution < -0.4 is 15.8 Å². The number of anilines is 1. The lowest BCUT2D eigenvalue weighted by molar-refractivity contribution is 0.0951. The summed E-state index contributed by atoms with van der Waals surface area (Å²) in [6.45, 7) is 6.73. The van der Waals surface area contributed by atoms with Crippen molar-refractivity contribution in [3.63, 3.8) is 0 Å². The van der Waals surface area contributed by atoms with Crippen molar-refractivity contribution in [1.82, 2.24) is 19.9 Å². The van der Waals surface area contributed by atoms with Gasteiger partial charge < -0.3 is 10.2 Å². The molecule has 1 aliphatic rings. The summed E-state index contributed by atoms with van der Waals surface area (Å²) in [6.07, 6.45) is 5.59. The predicted molar refractivity (Wildman–Crippen MR) is 95.0 cm³/mol. The van der Waals surface area contributed by atoms with E-state index in [0.29, 0.717) is 17.4 Å². The van der Waals surface area contributed by atoms with Crippen LogP contribution in [0.1, 0.15) is 49.9 Å². The molecule has 7 nitrogen and oxygen atoms in total. The third kappa shape index (κ3) is 3.43. The number of piperidine rings is 1. The maximum atomic E-state index is 12.6. The van der Waals surface area contributed by atoms with Crippen molar-refractivity contribution in [2.45, 2.75) is 39.5 Å². The molecule has 0 spiro atoms. The van der Waals surface area contributed by atoms with Crippen LogP contribution in [0.4, 0.5) is 5.13 Å². The van der Waals surface area contributed by atoms with Gasteiger partial charge in [-0.05, 0) is 25.2 Å². The molecule has 0 aliphatic carbocycles. The van der Waals surface area contributed by atoms with Crippen molar-refractivity contribution in [2.75, 3.05) is 24.5 Å². The molecule has 0 radical (unpaired) electrons. The number of hydrogen-bond donors (Lipinski definition) is 1. The maximum Gasteiger partial charge on any atom is 0.288 e. The summed E-state index contributed by atoms with van der Waals surface area (Å²) in [5.74, 6) is 0.242. The average molecular weight is 349 g/mol. The van der Waals surface area contributed by atoms with Gasteiger partial charge in [-0.2, -0.15) is 4.52 Å². The Hall–Kier alpha value is -1.96. The topological polar surface area (TPSA) is 79.6 Å². The molecule has 1 unspecified atom stereocenters. The van der Waals surface area contributed by atoms with Gasteiger partial charge in [0.2, 0.25) is 10.1 Å². The Bertz CT molecular complexity index is 784. The summed E-state index contributed by atoms with van der Waals surface area (Å²) in [5.41, 5.74) is -0.353. The second kappa shape index (κ2) is 7.29. The molecule has 8 heteroatoms. The van der Waals surface area contributed by atoms with Crippen LogP contribution in [0, 0.1) is 5.92 Å². The zero-order chi connectivity index (χ0) is 17.1. The Morgan fingerprint density at radius 3 is 3.08 bits per heavy atom. The number of carbonyl (C=O) groups excluding carboxylic acids is 1. The van der Waals surface area contributed by atoms with E-state index in [-0.39, 0.29) is 11.5 Å². The molecule has 2 aromatic heterocycles. The minimum absolute atomic E-state index is 0.0486. The first-order valence-electron chi connectivity index (χ1n) is 8.52. The number of nitrogens with one attached hydrogen (secondary N) is 1. The number of carbonyl (C=O) groups is 1. The molecule has 3 heterocycles. The lowest BCUT2D eigenvalue weighted by Gasteiger charge is -2.30. The molecule has 1 saturated heterocycles. The number of rotatable bonds is 5. The lowest BCUT2D eigenvalue weighted by atomic mass is 10.0. The van der Waals surface area contributed by atoms with Crippen molar-refractivity contribution < 1.29 is 4.79 Å². The van der Waals surface area contributed by atoms with Gasteiger partial charge in [-0.15, -0.1) is 5.10 Å². The van der Waals surface area contributed by atoms with Crippen LogP contribution >= 0.6 is 11.3 Å². The van der Waals surface area contributed by atoms with Gasteiger partial charge >= 0.3 is 0 Å². The highest BCUT2D eigenvalue weighted by atomic mass is 32.1. The molecule has 1 fully saturated rings. The Kier molecular flexibility index (Phi) is 5.13. The van der Waals surface area contributed by atoms with Crippen LogP contribution in [-0.4, -0.2) is 40.1 Å². The third-order valence-electron chi connectivity index (χ3n) is 4.26. The molecule has 0 saturated carbocycles. The zero-order valence-corrected chi connectivity index (χ0v) is 14.9. The fourth-order valence-electron chi connectivity index (χ4n) is 2.90. The summed E-state index contributed by atoms with van der Waals surface area (Å²) in [5, 5.41) is 7.97. The summed E-state index contributed by atoms with van der Waals surface area (Å²) in [7, 11) is 0. The molecule has 130 valence electrons. The first kappa shape index (κ1) is 16.9. The highest BCUT2D eigenvalue weighted by Crippen LogP contribution is 2.26. The van der Waals surface area contributed by atoms with Crippen molar-refractivity contribution >= 4 is 27.3 Å². The lowest BCUT2D eigenvalue weighted by Crippen LogP contribution is -2.34. The third-order valence-corrected chi connectivity index (χ3v) is 5.25. The molecular formula is C16H23N5O2S. The van der Waals surface area contributed by atoms with Gasteiger partial charge in [0.25, 0.3) is 11.5 Å². The average Bonchev–Trinajstić information content (AvgIpc) is 3.00. The highest BCUT2D eigenvalue weighted by Gasteiger charge is 2.21.